The molecule has 1 fully saturated rings. The molecule has 2 N–H and O–H groups in total. The second-order valence-corrected chi connectivity index (χ2v) is 13.0. The SMILES string of the molecule is COC(=O)[C@@H]1C[C@@H](OCc2ccccc2)CN1C(=O)C(C)(C)NC(=O)[C@@H](NC(=O)OCC1c2ccccc2-c2ccccc21)C(C)C. The number of nitrogens with zero attached hydrogens (tertiary/aromatic N) is 1. The quantitative estimate of drug-likeness (QED) is 0.288. The van der Waals surface area contributed by atoms with Gasteiger partial charge < -0.3 is 29.7 Å². The van der Waals surface area contributed by atoms with Crippen molar-refractivity contribution < 1.29 is 33.4 Å². The first-order chi connectivity index (χ1) is 22.5. The molecule has 1 saturated heterocycles. The van der Waals surface area contributed by atoms with Gasteiger partial charge in [0.25, 0.3) is 0 Å². The molecule has 47 heavy (non-hydrogen) atoms. The van der Waals surface area contributed by atoms with Crippen LogP contribution >= 0.6 is 0 Å². The van der Waals surface area contributed by atoms with Gasteiger partial charge in [0.15, 0.2) is 0 Å². The van der Waals surface area contributed by atoms with E-state index in [0.717, 1.165) is 27.8 Å². The van der Waals surface area contributed by atoms with E-state index in [9.17, 15) is 19.2 Å². The predicted octanol–water partition coefficient (Wildman–Crippen LogP) is 4.80. The molecule has 0 bridgehead atoms. The van der Waals surface area contributed by atoms with Crippen molar-refractivity contribution in [3.8, 4) is 11.1 Å². The first kappa shape index (κ1) is 33.7. The van der Waals surface area contributed by atoms with Crippen molar-refractivity contribution >= 4 is 23.9 Å². The maximum absolute atomic E-state index is 13.9. The van der Waals surface area contributed by atoms with E-state index in [2.05, 4.69) is 22.8 Å². The molecular formula is C37H43N3O7. The van der Waals surface area contributed by atoms with Gasteiger partial charge in [-0.25, -0.2) is 9.59 Å². The standard InChI is InChI=1S/C37H43N3O7/c1-23(2)32(38-36(44)47-22-30-28-17-11-9-15-26(28)27-16-10-12-18-29(27)30)33(41)39-37(3,4)35(43)40-20-25(19-31(40)34(42)45-5)46-21-24-13-7-6-8-14-24/h6-18,23,25,30-32H,19-22H2,1-5H3,(H,38,44)(H,39,41)/t25-,31+,32+/m1/s1. The fourth-order valence-electron chi connectivity index (χ4n) is 6.39. The Hall–Kier alpha value is -4.70. The number of benzene rings is 3. The Morgan fingerprint density at radius 2 is 1.49 bits per heavy atom. The lowest BCUT2D eigenvalue weighted by Gasteiger charge is -2.34. The molecule has 3 aromatic rings. The van der Waals surface area contributed by atoms with Gasteiger partial charge in [0.2, 0.25) is 11.8 Å². The van der Waals surface area contributed by atoms with Crippen molar-refractivity contribution in [3.63, 3.8) is 0 Å². The van der Waals surface area contributed by atoms with Crippen LogP contribution in [0.4, 0.5) is 4.79 Å². The molecule has 0 saturated carbocycles. The Balaban J connectivity index is 1.21. The van der Waals surface area contributed by atoms with Gasteiger partial charge in [-0.3, -0.25) is 9.59 Å². The molecule has 10 nitrogen and oxygen atoms in total. The minimum Gasteiger partial charge on any atom is -0.467 e. The molecule has 3 atom stereocenters. The van der Waals surface area contributed by atoms with Crippen LogP contribution in [-0.4, -0.2) is 72.8 Å². The van der Waals surface area contributed by atoms with E-state index in [1.54, 1.807) is 27.7 Å². The molecule has 10 heteroatoms. The Morgan fingerprint density at radius 3 is 2.09 bits per heavy atom. The van der Waals surface area contributed by atoms with Gasteiger partial charge in [-0.2, -0.15) is 0 Å². The van der Waals surface area contributed by atoms with Crippen LogP contribution in [0.15, 0.2) is 78.9 Å². The average Bonchev–Trinajstić information content (AvgIpc) is 3.64. The summed E-state index contributed by atoms with van der Waals surface area (Å²) in [7, 11) is 1.28. The zero-order valence-electron chi connectivity index (χ0n) is 27.5. The number of carbonyl (C=O) groups is 4. The third-order valence-electron chi connectivity index (χ3n) is 8.86. The smallest absolute Gasteiger partial charge is 0.407 e. The molecule has 248 valence electrons. The van der Waals surface area contributed by atoms with Crippen molar-refractivity contribution in [2.45, 2.75) is 70.4 Å². The molecule has 1 heterocycles. The number of ether oxygens (including phenoxy) is 3. The number of alkyl carbamates (subject to hydrolysis) is 1. The fraction of sp³-hybridized carbons (Fsp3) is 0.405. The summed E-state index contributed by atoms with van der Waals surface area (Å²) in [6.45, 7) is 7.34. The van der Waals surface area contributed by atoms with Gasteiger partial charge in [0, 0.05) is 18.9 Å². The van der Waals surface area contributed by atoms with E-state index in [-0.39, 0.29) is 31.4 Å². The Morgan fingerprint density at radius 1 is 0.894 bits per heavy atom. The summed E-state index contributed by atoms with van der Waals surface area (Å²) in [6, 6.07) is 23.9. The van der Waals surface area contributed by atoms with Crippen LogP contribution in [0.2, 0.25) is 0 Å². The number of hydrogen-bond donors (Lipinski definition) is 2. The third kappa shape index (κ3) is 7.49. The number of esters is 1. The normalized spacial score (nSPS) is 17.9. The van der Waals surface area contributed by atoms with Gasteiger partial charge in [-0.1, -0.05) is 92.7 Å². The Kier molecular flexibility index (Phi) is 10.3. The number of amides is 3. The molecule has 0 radical (unpaired) electrons. The highest BCUT2D eigenvalue weighted by Gasteiger charge is 2.46. The molecule has 1 aliphatic carbocycles. The van der Waals surface area contributed by atoms with Gasteiger partial charge in [-0.05, 0) is 47.6 Å². The summed E-state index contributed by atoms with van der Waals surface area (Å²) in [6.07, 6.45) is -0.852. The van der Waals surface area contributed by atoms with E-state index in [0.29, 0.717) is 6.61 Å². The number of rotatable bonds is 11. The average molecular weight is 642 g/mol. The van der Waals surface area contributed by atoms with Crippen molar-refractivity contribution in [2.75, 3.05) is 20.3 Å². The lowest BCUT2D eigenvalue weighted by Crippen LogP contribution is -2.62. The second kappa shape index (κ2) is 14.4. The van der Waals surface area contributed by atoms with Crippen LogP contribution in [0.3, 0.4) is 0 Å². The monoisotopic (exact) mass is 641 g/mol. The van der Waals surface area contributed by atoms with Crippen LogP contribution in [0, 0.1) is 5.92 Å². The van der Waals surface area contributed by atoms with Crippen LogP contribution in [0.25, 0.3) is 11.1 Å². The molecule has 0 unspecified atom stereocenters. The van der Waals surface area contributed by atoms with Crippen molar-refractivity contribution in [3.05, 3.63) is 95.6 Å². The van der Waals surface area contributed by atoms with Gasteiger partial charge >= 0.3 is 12.1 Å². The number of likely N-dealkylation sites (tertiary alicyclic amines) is 1. The molecular weight excluding hydrogens is 598 g/mol. The van der Waals surface area contributed by atoms with Crippen molar-refractivity contribution in [1.82, 2.24) is 15.5 Å². The second-order valence-electron chi connectivity index (χ2n) is 13.0. The number of carbonyl (C=O) groups excluding carboxylic acids is 4. The van der Waals surface area contributed by atoms with E-state index in [1.165, 1.54) is 12.0 Å². The molecule has 3 amide bonds. The highest BCUT2D eigenvalue weighted by Crippen LogP contribution is 2.44. The zero-order chi connectivity index (χ0) is 33.7. The maximum Gasteiger partial charge on any atom is 0.407 e. The molecule has 2 aliphatic rings. The summed E-state index contributed by atoms with van der Waals surface area (Å²) >= 11 is 0. The molecule has 1 aliphatic heterocycles. The van der Waals surface area contributed by atoms with E-state index < -0.39 is 47.6 Å². The highest BCUT2D eigenvalue weighted by atomic mass is 16.5. The maximum atomic E-state index is 13.9. The summed E-state index contributed by atoms with van der Waals surface area (Å²) in [5.41, 5.74) is 3.96. The molecule has 3 aromatic carbocycles. The zero-order valence-corrected chi connectivity index (χ0v) is 27.5. The van der Waals surface area contributed by atoms with Gasteiger partial charge in [0.05, 0.1) is 19.8 Å². The van der Waals surface area contributed by atoms with Crippen molar-refractivity contribution in [2.24, 2.45) is 5.92 Å². The summed E-state index contributed by atoms with van der Waals surface area (Å²) in [5, 5.41) is 5.50. The van der Waals surface area contributed by atoms with Crippen LogP contribution < -0.4 is 10.6 Å². The summed E-state index contributed by atoms with van der Waals surface area (Å²) < 4.78 is 16.7. The number of hydrogen-bond acceptors (Lipinski definition) is 7. The number of nitrogens with one attached hydrogen (secondary N) is 2. The Bertz CT molecular complexity index is 1560. The summed E-state index contributed by atoms with van der Waals surface area (Å²) in [5.74, 6) is -2.00. The van der Waals surface area contributed by atoms with Crippen molar-refractivity contribution in [1.29, 1.82) is 0 Å². The molecule has 0 aromatic heterocycles. The van der Waals surface area contributed by atoms with Crippen LogP contribution in [0.5, 0.6) is 0 Å². The first-order valence-corrected chi connectivity index (χ1v) is 16.0. The summed E-state index contributed by atoms with van der Waals surface area (Å²) in [4.78, 5) is 54.6. The molecule has 0 spiro atoms. The minimum absolute atomic E-state index is 0.105. The van der Waals surface area contributed by atoms with Crippen LogP contribution in [0.1, 0.15) is 56.7 Å². The van der Waals surface area contributed by atoms with Gasteiger partial charge in [0.1, 0.15) is 24.2 Å². The van der Waals surface area contributed by atoms with Gasteiger partial charge in [-0.15, -0.1) is 0 Å². The van der Waals surface area contributed by atoms with E-state index in [1.807, 2.05) is 66.7 Å². The lowest BCUT2D eigenvalue weighted by molar-refractivity contribution is -0.153. The Labute approximate surface area is 275 Å². The number of fused-ring (bicyclic) bond motifs is 3. The minimum atomic E-state index is -1.41. The fourth-order valence-corrected chi connectivity index (χ4v) is 6.39. The lowest BCUT2D eigenvalue weighted by atomic mass is 9.98. The molecule has 5 rings (SSSR count). The number of methoxy groups -OCH3 is 1. The third-order valence-corrected chi connectivity index (χ3v) is 8.86. The van der Waals surface area contributed by atoms with Crippen LogP contribution in [-0.2, 0) is 35.2 Å². The predicted molar refractivity (Wildman–Crippen MR) is 176 cm³/mol. The topological polar surface area (TPSA) is 123 Å². The largest absolute Gasteiger partial charge is 0.467 e. The van der Waals surface area contributed by atoms with E-state index >= 15 is 0 Å². The van der Waals surface area contributed by atoms with E-state index in [4.69, 9.17) is 14.2 Å². The highest BCUT2D eigenvalue weighted by molar-refractivity contribution is 5.95. The first-order valence-electron chi connectivity index (χ1n) is 16.0.